The highest BCUT2D eigenvalue weighted by Crippen LogP contribution is 2.23. The van der Waals surface area contributed by atoms with Gasteiger partial charge in [0.2, 0.25) is 0 Å². The molecule has 1 saturated carbocycles. The van der Waals surface area contributed by atoms with Gasteiger partial charge < -0.3 is 14.8 Å². The van der Waals surface area contributed by atoms with Gasteiger partial charge in [0.05, 0.1) is 0 Å². The first-order valence-electron chi connectivity index (χ1n) is 8.34. The fourth-order valence-electron chi connectivity index (χ4n) is 2.81. The third-order valence-electron chi connectivity index (χ3n) is 4.27. The van der Waals surface area contributed by atoms with E-state index in [4.69, 9.17) is 9.47 Å². The zero-order valence-corrected chi connectivity index (χ0v) is 15.7. The molecule has 24 heavy (non-hydrogen) atoms. The molecule has 1 aromatic rings. The van der Waals surface area contributed by atoms with Gasteiger partial charge in [-0.1, -0.05) is 41.8 Å². The Morgan fingerprint density at radius 1 is 1.33 bits per heavy atom. The van der Waals surface area contributed by atoms with Crippen molar-refractivity contribution in [1.29, 1.82) is 0 Å². The Bertz CT molecular complexity index is 578. The number of ether oxygens (including phenoxy) is 2. The van der Waals surface area contributed by atoms with Crippen molar-refractivity contribution in [1.82, 2.24) is 5.32 Å². The number of rotatable bonds is 6. The minimum Gasteiger partial charge on any atom is -0.482 e. The van der Waals surface area contributed by atoms with E-state index in [2.05, 4.69) is 28.2 Å². The second-order valence-electron chi connectivity index (χ2n) is 6.25. The van der Waals surface area contributed by atoms with E-state index >= 15 is 0 Å². The molecule has 5 nitrogen and oxygen atoms in total. The quantitative estimate of drug-likeness (QED) is 0.746. The van der Waals surface area contributed by atoms with Crippen molar-refractivity contribution in [3.05, 3.63) is 28.7 Å². The van der Waals surface area contributed by atoms with E-state index < -0.39 is 12.1 Å². The van der Waals surface area contributed by atoms with Crippen molar-refractivity contribution in [2.24, 2.45) is 5.92 Å². The minimum absolute atomic E-state index is 0.172. The average Bonchev–Trinajstić information content (AvgIpc) is 2.55. The number of amides is 1. The lowest BCUT2D eigenvalue weighted by molar-refractivity contribution is -0.157. The topological polar surface area (TPSA) is 64.6 Å². The molecule has 3 atom stereocenters. The standard InChI is InChI=1S/C18H24BrNO4/c1-12-6-3-4-9-16(12)20-18(22)13(2)24-17(21)11-23-15-8-5-7-14(19)10-15/h5,7-8,10,12-13,16H,3-4,6,9,11H2,1-2H3,(H,20,22)/t12-,13-,16-/m1/s1. The second-order valence-corrected chi connectivity index (χ2v) is 7.17. The molecule has 1 aliphatic carbocycles. The smallest absolute Gasteiger partial charge is 0.344 e. The summed E-state index contributed by atoms with van der Waals surface area (Å²) >= 11 is 3.33. The van der Waals surface area contributed by atoms with Crippen LogP contribution in [-0.4, -0.2) is 30.6 Å². The van der Waals surface area contributed by atoms with Gasteiger partial charge in [-0.3, -0.25) is 4.79 Å². The summed E-state index contributed by atoms with van der Waals surface area (Å²) in [4.78, 5) is 24.0. The second kappa shape index (κ2) is 9.06. The van der Waals surface area contributed by atoms with Crippen LogP contribution in [0.15, 0.2) is 28.7 Å². The first-order chi connectivity index (χ1) is 11.5. The van der Waals surface area contributed by atoms with Crippen LogP contribution in [0.1, 0.15) is 39.5 Å². The molecule has 1 amide bonds. The Morgan fingerprint density at radius 3 is 2.79 bits per heavy atom. The summed E-state index contributed by atoms with van der Waals surface area (Å²) in [5.74, 6) is 0.221. The molecule has 0 spiro atoms. The molecule has 0 heterocycles. The zero-order chi connectivity index (χ0) is 17.5. The molecule has 2 rings (SSSR count). The maximum absolute atomic E-state index is 12.2. The molecule has 1 aromatic carbocycles. The summed E-state index contributed by atoms with van der Waals surface area (Å²) in [5, 5.41) is 2.99. The highest BCUT2D eigenvalue weighted by atomic mass is 79.9. The predicted octanol–water partition coefficient (Wildman–Crippen LogP) is 3.45. The first kappa shape index (κ1) is 18.8. The molecule has 0 aliphatic heterocycles. The lowest BCUT2D eigenvalue weighted by atomic mass is 9.86. The maximum atomic E-state index is 12.2. The van der Waals surface area contributed by atoms with Gasteiger partial charge in [-0.25, -0.2) is 4.79 Å². The number of hydrogen-bond acceptors (Lipinski definition) is 4. The van der Waals surface area contributed by atoms with Crippen LogP contribution >= 0.6 is 15.9 Å². The molecule has 0 bridgehead atoms. The van der Waals surface area contributed by atoms with Crippen LogP contribution < -0.4 is 10.1 Å². The minimum atomic E-state index is -0.822. The van der Waals surface area contributed by atoms with Gasteiger partial charge >= 0.3 is 5.97 Å². The molecule has 0 aromatic heterocycles. The fourth-order valence-corrected chi connectivity index (χ4v) is 3.19. The van der Waals surface area contributed by atoms with Crippen molar-refractivity contribution in [2.75, 3.05) is 6.61 Å². The van der Waals surface area contributed by atoms with E-state index in [0.29, 0.717) is 11.7 Å². The SMILES string of the molecule is C[C@@H]1CCCC[C@H]1NC(=O)[C@@H](C)OC(=O)COc1cccc(Br)c1. The van der Waals surface area contributed by atoms with Crippen LogP contribution in [0.5, 0.6) is 5.75 Å². The number of benzene rings is 1. The molecular weight excluding hydrogens is 374 g/mol. The lowest BCUT2D eigenvalue weighted by Crippen LogP contribution is -2.46. The summed E-state index contributed by atoms with van der Waals surface area (Å²) in [7, 11) is 0. The Balaban J connectivity index is 1.75. The number of carbonyl (C=O) groups excluding carboxylic acids is 2. The fraction of sp³-hybridized carbons (Fsp3) is 0.556. The number of carbonyl (C=O) groups is 2. The van der Waals surface area contributed by atoms with E-state index in [9.17, 15) is 9.59 Å². The van der Waals surface area contributed by atoms with E-state index in [1.54, 1.807) is 19.1 Å². The molecule has 6 heteroatoms. The normalized spacial score (nSPS) is 21.6. The summed E-state index contributed by atoms with van der Waals surface area (Å²) in [6.45, 7) is 3.50. The summed E-state index contributed by atoms with van der Waals surface area (Å²) < 4.78 is 11.4. The zero-order valence-electron chi connectivity index (χ0n) is 14.1. The van der Waals surface area contributed by atoms with Gasteiger partial charge in [-0.15, -0.1) is 0 Å². The highest BCUT2D eigenvalue weighted by Gasteiger charge is 2.26. The van der Waals surface area contributed by atoms with Crippen LogP contribution in [-0.2, 0) is 14.3 Å². The molecule has 1 aliphatic rings. The van der Waals surface area contributed by atoms with Crippen molar-refractivity contribution in [3.63, 3.8) is 0 Å². The van der Waals surface area contributed by atoms with Gasteiger partial charge in [0.1, 0.15) is 5.75 Å². The summed E-state index contributed by atoms with van der Waals surface area (Å²) in [6, 6.07) is 7.35. The molecular formula is C18H24BrNO4. The Labute approximate surface area is 151 Å². The van der Waals surface area contributed by atoms with Gasteiger partial charge in [-0.2, -0.15) is 0 Å². The van der Waals surface area contributed by atoms with Crippen molar-refractivity contribution >= 4 is 27.8 Å². The van der Waals surface area contributed by atoms with E-state index in [-0.39, 0.29) is 18.6 Å². The Kier molecular flexibility index (Phi) is 7.09. The van der Waals surface area contributed by atoms with E-state index in [1.165, 1.54) is 6.42 Å². The van der Waals surface area contributed by atoms with Crippen LogP contribution in [0.4, 0.5) is 0 Å². The summed E-state index contributed by atoms with van der Waals surface area (Å²) in [6.07, 6.45) is 3.63. The number of halogens is 1. The number of hydrogen-bond donors (Lipinski definition) is 1. The third-order valence-corrected chi connectivity index (χ3v) is 4.76. The van der Waals surface area contributed by atoms with Gasteiger partial charge in [-0.05, 0) is 43.9 Å². The number of nitrogens with one attached hydrogen (secondary N) is 1. The molecule has 1 N–H and O–H groups in total. The average molecular weight is 398 g/mol. The Morgan fingerprint density at radius 2 is 2.08 bits per heavy atom. The maximum Gasteiger partial charge on any atom is 0.344 e. The van der Waals surface area contributed by atoms with E-state index in [0.717, 1.165) is 23.7 Å². The van der Waals surface area contributed by atoms with Gasteiger partial charge in [0, 0.05) is 10.5 Å². The van der Waals surface area contributed by atoms with Crippen molar-refractivity contribution in [3.8, 4) is 5.75 Å². The molecule has 1 fully saturated rings. The van der Waals surface area contributed by atoms with Crippen molar-refractivity contribution < 1.29 is 19.1 Å². The molecule has 0 unspecified atom stereocenters. The van der Waals surface area contributed by atoms with Gasteiger partial charge in [0.25, 0.3) is 5.91 Å². The lowest BCUT2D eigenvalue weighted by Gasteiger charge is -2.30. The third kappa shape index (κ3) is 5.82. The number of esters is 1. The van der Waals surface area contributed by atoms with Crippen LogP contribution in [0, 0.1) is 5.92 Å². The van der Waals surface area contributed by atoms with Crippen molar-refractivity contribution in [2.45, 2.75) is 51.7 Å². The monoisotopic (exact) mass is 397 g/mol. The first-order valence-corrected chi connectivity index (χ1v) is 9.13. The largest absolute Gasteiger partial charge is 0.482 e. The predicted molar refractivity (Wildman–Crippen MR) is 94.8 cm³/mol. The van der Waals surface area contributed by atoms with Gasteiger partial charge in [0.15, 0.2) is 12.7 Å². The Hall–Kier alpha value is -1.56. The van der Waals surface area contributed by atoms with E-state index in [1.807, 2.05) is 12.1 Å². The van der Waals surface area contributed by atoms with Crippen LogP contribution in [0.2, 0.25) is 0 Å². The molecule has 0 saturated heterocycles. The highest BCUT2D eigenvalue weighted by molar-refractivity contribution is 9.10. The van der Waals surface area contributed by atoms with Crippen LogP contribution in [0.3, 0.4) is 0 Å². The molecule has 0 radical (unpaired) electrons. The molecule has 132 valence electrons. The van der Waals surface area contributed by atoms with Crippen LogP contribution in [0.25, 0.3) is 0 Å². The summed E-state index contributed by atoms with van der Waals surface area (Å²) in [5.41, 5.74) is 0.